The molecule has 7 rings (SSSR count). The highest BCUT2D eigenvalue weighted by molar-refractivity contribution is 7.44. The molecule has 0 amide bonds. The predicted molar refractivity (Wildman–Crippen MR) is 228 cm³/mol. The third-order valence-electron chi connectivity index (χ3n) is 10.3. The molecule has 4 atom stereocenters. The molecule has 3 aromatic heterocycles. The summed E-state index contributed by atoms with van der Waals surface area (Å²) in [5.41, 5.74) is 4.25. The lowest BCUT2D eigenvalue weighted by Crippen LogP contribution is -2.39. The van der Waals surface area contributed by atoms with Gasteiger partial charge in [0.1, 0.15) is 34.9 Å². The molecule has 1 aliphatic heterocycles. The fraction of sp³-hybridized carbons (Fsp3) is 0.356. The second kappa shape index (κ2) is 18.9. The zero-order chi connectivity index (χ0) is 40.6. The maximum absolute atomic E-state index is 9.41. The van der Waals surface area contributed by atoms with E-state index in [1.54, 1.807) is 25.6 Å². The summed E-state index contributed by atoms with van der Waals surface area (Å²) in [5.74, 6) is 1.48. The fourth-order valence-electron chi connectivity index (χ4n) is 7.60. The summed E-state index contributed by atoms with van der Waals surface area (Å²) in [6.45, 7) is 8.93. The van der Waals surface area contributed by atoms with Crippen LogP contribution in [0.15, 0.2) is 115 Å². The number of nitriles is 1. The van der Waals surface area contributed by atoms with Gasteiger partial charge in [0.2, 0.25) is 0 Å². The van der Waals surface area contributed by atoms with Crippen molar-refractivity contribution in [3.8, 4) is 28.0 Å². The van der Waals surface area contributed by atoms with Crippen LogP contribution in [0, 0.1) is 11.3 Å². The molecular formula is C45H50N5O6PS. The summed E-state index contributed by atoms with van der Waals surface area (Å²) in [6, 6.07) is 34.8. The van der Waals surface area contributed by atoms with Gasteiger partial charge in [-0.2, -0.15) is 5.26 Å². The lowest BCUT2D eigenvalue weighted by Gasteiger charge is -2.39. The summed E-state index contributed by atoms with van der Waals surface area (Å²) in [7, 11) is 1.73. The molecule has 58 heavy (non-hydrogen) atoms. The first-order valence-corrected chi connectivity index (χ1v) is 21.5. The number of pyridine rings is 1. The largest absolute Gasteiger partial charge is 0.497 e. The Hall–Kier alpha value is -4.70. The van der Waals surface area contributed by atoms with Crippen molar-refractivity contribution in [3.05, 3.63) is 132 Å². The monoisotopic (exact) mass is 819 g/mol. The molecule has 1 unspecified atom stereocenters. The second-order valence-corrected chi connectivity index (χ2v) is 16.9. The molecule has 302 valence electrons. The van der Waals surface area contributed by atoms with Gasteiger partial charge >= 0.3 is 0 Å². The van der Waals surface area contributed by atoms with Gasteiger partial charge in [-0.25, -0.2) is 14.6 Å². The van der Waals surface area contributed by atoms with Crippen molar-refractivity contribution in [1.82, 2.24) is 19.2 Å². The topological polar surface area (TPSA) is 113 Å². The van der Waals surface area contributed by atoms with E-state index in [1.165, 1.54) is 0 Å². The first-order valence-electron chi connectivity index (χ1n) is 19.5. The molecule has 13 heteroatoms. The summed E-state index contributed by atoms with van der Waals surface area (Å²) in [5, 5.41) is 11.5. The van der Waals surface area contributed by atoms with E-state index in [1.807, 2.05) is 96.0 Å². The zero-order valence-electron chi connectivity index (χ0n) is 33.7. The lowest BCUT2D eigenvalue weighted by molar-refractivity contribution is -0.0912. The molecule has 1 fully saturated rings. The Morgan fingerprint density at radius 3 is 2.12 bits per heavy atom. The minimum absolute atomic E-state index is 0.120. The smallest absolute Gasteiger partial charge is 0.259 e. The minimum Gasteiger partial charge on any atom is -0.497 e. The minimum atomic E-state index is -1.60. The molecule has 0 N–H and O–H groups in total. The van der Waals surface area contributed by atoms with Crippen LogP contribution in [-0.2, 0) is 24.1 Å². The molecule has 0 saturated carbocycles. The number of ether oxygens (including phenoxy) is 4. The average molecular weight is 820 g/mol. The van der Waals surface area contributed by atoms with E-state index < -0.39 is 32.6 Å². The number of aromatic nitrogens is 3. The SMILES string of the molecule is COc1ccc(C(OC[C@H]2O[C@@H](n3cnc4c(-c5cccs5)ccnc43)C[C@@H]2OP(OCCC#N)N(C(C)C)C(C)C)(c2ccccc2)c2ccc(OC)cc2)cc1. The maximum atomic E-state index is 9.41. The number of methoxy groups -OCH3 is 2. The van der Waals surface area contributed by atoms with Gasteiger partial charge in [-0.15, -0.1) is 11.3 Å². The number of benzene rings is 3. The molecule has 4 heterocycles. The van der Waals surface area contributed by atoms with Crippen molar-refractivity contribution in [3.63, 3.8) is 0 Å². The molecule has 1 aliphatic rings. The number of rotatable bonds is 18. The molecule has 0 radical (unpaired) electrons. The van der Waals surface area contributed by atoms with Crippen LogP contribution in [0.3, 0.4) is 0 Å². The van der Waals surface area contributed by atoms with Crippen LogP contribution in [0.2, 0.25) is 0 Å². The van der Waals surface area contributed by atoms with Crippen LogP contribution >= 0.6 is 19.9 Å². The third-order valence-corrected chi connectivity index (χ3v) is 13.3. The van der Waals surface area contributed by atoms with Crippen molar-refractivity contribution in [1.29, 1.82) is 5.26 Å². The van der Waals surface area contributed by atoms with Crippen molar-refractivity contribution < 1.29 is 28.0 Å². The van der Waals surface area contributed by atoms with E-state index in [4.69, 9.17) is 38.0 Å². The Morgan fingerprint density at radius 1 is 0.879 bits per heavy atom. The highest BCUT2D eigenvalue weighted by Crippen LogP contribution is 2.51. The Bertz CT molecular complexity index is 2190. The quantitative estimate of drug-likeness (QED) is 0.0472. The van der Waals surface area contributed by atoms with E-state index in [0.29, 0.717) is 6.42 Å². The van der Waals surface area contributed by atoms with Gasteiger partial charge in [0.15, 0.2) is 5.65 Å². The van der Waals surface area contributed by atoms with Gasteiger partial charge in [-0.1, -0.05) is 60.7 Å². The third kappa shape index (κ3) is 8.68. The van der Waals surface area contributed by atoms with Gasteiger partial charge < -0.3 is 28.0 Å². The fourth-order valence-corrected chi connectivity index (χ4v) is 10.1. The van der Waals surface area contributed by atoms with Crippen LogP contribution in [-0.4, -0.2) is 70.9 Å². The Kier molecular flexibility index (Phi) is 13.5. The number of thiophene rings is 1. The molecule has 1 saturated heterocycles. The van der Waals surface area contributed by atoms with Crippen molar-refractivity contribution in [2.24, 2.45) is 0 Å². The number of imidazole rings is 1. The van der Waals surface area contributed by atoms with Crippen molar-refractivity contribution >= 4 is 31.0 Å². The normalized spacial score (nSPS) is 17.6. The Balaban J connectivity index is 1.30. The molecule has 6 aromatic rings. The summed E-state index contributed by atoms with van der Waals surface area (Å²) < 4.78 is 43.3. The summed E-state index contributed by atoms with van der Waals surface area (Å²) >= 11 is 1.67. The van der Waals surface area contributed by atoms with Crippen molar-refractivity contribution in [2.45, 2.75) is 76.7 Å². The van der Waals surface area contributed by atoms with Gasteiger partial charge in [0, 0.05) is 35.1 Å². The molecule has 11 nitrogen and oxygen atoms in total. The number of fused-ring (bicyclic) bond motifs is 1. The summed E-state index contributed by atoms with van der Waals surface area (Å²) in [4.78, 5) is 10.8. The molecular weight excluding hydrogens is 770 g/mol. The average Bonchev–Trinajstić information content (AvgIpc) is 4.03. The molecule has 0 aliphatic carbocycles. The van der Waals surface area contributed by atoms with E-state index in [-0.39, 0.29) is 31.7 Å². The Morgan fingerprint density at radius 2 is 1.53 bits per heavy atom. The second-order valence-electron chi connectivity index (χ2n) is 14.5. The van der Waals surface area contributed by atoms with Gasteiger partial charge in [0.05, 0.1) is 52.4 Å². The van der Waals surface area contributed by atoms with Gasteiger partial charge in [-0.05, 0) is 86.2 Å². The van der Waals surface area contributed by atoms with E-state index in [2.05, 4.69) is 62.0 Å². The molecule has 0 bridgehead atoms. The maximum Gasteiger partial charge on any atom is 0.259 e. The van der Waals surface area contributed by atoms with Crippen LogP contribution in [0.4, 0.5) is 0 Å². The van der Waals surface area contributed by atoms with Crippen LogP contribution in [0.5, 0.6) is 11.5 Å². The van der Waals surface area contributed by atoms with Crippen LogP contribution < -0.4 is 9.47 Å². The summed E-state index contributed by atoms with van der Waals surface area (Å²) in [6.07, 6.45) is 2.89. The van der Waals surface area contributed by atoms with Crippen molar-refractivity contribution in [2.75, 3.05) is 27.4 Å². The lowest BCUT2D eigenvalue weighted by atomic mass is 9.80. The highest BCUT2D eigenvalue weighted by Gasteiger charge is 2.45. The standard InChI is InChI=1S/C45H50N5O6PS/c1-31(2)50(32(3)4)57(54-26-11-24-46)56-39-28-42(49-30-48-43-38(23-25-47-44(43)49)41-14-10-27-58-41)55-40(39)29-53-45(33-12-8-7-9-13-33,34-15-19-36(51-5)20-16-34)35-17-21-37(52-6)22-18-35/h7-10,12-23,25,27,30-32,39-40,42H,11,26,28-29H2,1-6H3/t39-,40+,42+,57?/m0/s1. The van der Waals surface area contributed by atoms with Crippen LogP contribution in [0.1, 0.15) is 63.5 Å². The van der Waals surface area contributed by atoms with E-state index in [9.17, 15) is 5.26 Å². The van der Waals surface area contributed by atoms with E-state index >= 15 is 0 Å². The van der Waals surface area contributed by atoms with Gasteiger partial charge in [0.25, 0.3) is 8.53 Å². The highest BCUT2D eigenvalue weighted by atomic mass is 32.1. The van der Waals surface area contributed by atoms with E-state index in [0.717, 1.165) is 49.8 Å². The predicted octanol–water partition coefficient (Wildman–Crippen LogP) is 10.1. The molecule has 0 spiro atoms. The van der Waals surface area contributed by atoms with Crippen LogP contribution in [0.25, 0.3) is 21.6 Å². The number of nitrogens with zero attached hydrogens (tertiary/aromatic N) is 5. The van der Waals surface area contributed by atoms with Gasteiger partial charge in [-0.3, -0.25) is 4.57 Å². The number of hydrogen-bond acceptors (Lipinski definition) is 11. The number of hydrogen-bond donors (Lipinski definition) is 0. The Labute approximate surface area is 346 Å². The zero-order valence-corrected chi connectivity index (χ0v) is 35.4. The first kappa shape index (κ1) is 41.5. The molecule has 3 aromatic carbocycles. The first-order chi connectivity index (χ1) is 28.3.